The van der Waals surface area contributed by atoms with Gasteiger partial charge in [-0.05, 0) is 85.8 Å². The van der Waals surface area contributed by atoms with Gasteiger partial charge < -0.3 is 10.1 Å². The van der Waals surface area contributed by atoms with Gasteiger partial charge in [-0.3, -0.25) is 4.79 Å². The molecule has 6 nitrogen and oxygen atoms in total. The lowest BCUT2D eigenvalue weighted by molar-refractivity contribution is 0.102. The minimum Gasteiger partial charge on any atom is -0.496 e. The maximum absolute atomic E-state index is 12.3. The van der Waals surface area contributed by atoms with Crippen LogP contribution >= 0.6 is 22.6 Å². The van der Waals surface area contributed by atoms with Crippen molar-refractivity contribution in [2.45, 2.75) is 31.2 Å². The molecule has 0 atom stereocenters. The maximum atomic E-state index is 12.3. The van der Waals surface area contributed by atoms with Crippen molar-refractivity contribution in [3.8, 4) is 5.75 Å². The summed E-state index contributed by atoms with van der Waals surface area (Å²) in [6.45, 7) is 5.32. The zero-order valence-corrected chi connectivity index (χ0v) is 17.9. The largest absolute Gasteiger partial charge is 0.496 e. The van der Waals surface area contributed by atoms with Gasteiger partial charge >= 0.3 is 0 Å². The topological polar surface area (TPSA) is 84.5 Å². The van der Waals surface area contributed by atoms with Crippen LogP contribution in [0.15, 0.2) is 47.4 Å². The second-order valence-electron chi connectivity index (χ2n) is 6.68. The van der Waals surface area contributed by atoms with Gasteiger partial charge in [0, 0.05) is 16.8 Å². The molecular weight excluding hydrogens is 467 g/mol. The van der Waals surface area contributed by atoms with Crippen molar-refractivity contribution < 1.29 is 17.9 Å². The molecule has 8 heteroatoms. The molecule has 26 heavy (non-hydrogen) atoms. The van der Waals surface area contributed by atoms with E-state index in [9.17, 15) is 13.2 Å². The van der Waals surface area contributed by atoms with Gasteiger partial charge in [0.25, 0.3) is 5.91 Å². The number of methoxy groups -OCH3 is 1. The molecular formula is C18H21IN2O4S. The molecule has 1 amide bonds. The zero-order chi connectivity index (χ0) is 19.5. The summed E-state index contributed by atoms with van der Waals surface area (Å²) >= 11 is 2.10. The van der Waals surface area contributed by atoms with E-state index in [1.807, 2.05) is 0 Å². The Morgan fingerprint density at radius 2 is 1.69 bits per heavy atom. The monoisotopic (exact) mass is 488 g/mol. The molecule has 0 saturated heterocycles. The van der Waals surface area contributed by atoms with Gasteiger partial charge in [0.1, 0.15) is 5.75 Å². The Morgan fingerprint density at radius 1 is 1.08 bits per heavy atom. The number of benzene rings is 2. The van der Waals surface area contributed by atoms with E-state index in [1.54, 1.807) is 58.2 Å². The minimum absolute atomic E-state index is 0.143. The van der Waals surface area contributed by atoms with Gasteiger partial charge in [0.15, 0.2) is 0 Å². The fourth-order valence-corrected chi connectivity index (χ4v) is 4.34. The van der Waals surface area contributed by atoms with Crippen LogP contribution < -0.4 is 14.8 Å². The van der Waals surface area contributed by atoms with Gasteiger partial charge in [-0.2, -0.15) is 0 Å². The number of carbonyl (C=O) groups is 1. The summed E-state index contributed by atoms with van der Waals surface area (Å²) in [6.07, 6.45) is 0. The molecule has 0 radical (unpaired) electrons. The number of anilines is 1. The fraction of sp³-hybridized carbons (Fsp3) is 0.278. The van der Waals surface area contributed by atoms with E-state index in [2.05, 4.69) is 32.6 Å². The predicted octanol–water partition coefficient (Wildman–Crippen LogP) is 3.63. The van der Waals surface area contributed by atoms with Crippen molar-refractivity contribution in [3.63, 3.8) is 0 Å². The van der Waals surface area contributed by atoms with Crippen LogP contribution in [0.3, 0.4) is 0 Å². The number of sulfonamides is 1. The Bertz CT molecular complexity index is 904. The number of ether oxygens (including phenoxy) is 1. The molecule has 2 N–H and O–H groups in total. The first-order valence-corrected chi connectivity index (χ1v) is 10.4. The van der Waals surface area contributed by atoms with Crippen molar-refractivity contribution in [2.24, 2.45) is 0 Å². The third-order valence-corrected chi connectivity index (χ3v) is 5.89. The number of carbonyl (C=O) groups excluding carboxylic acids is 1. The Morgan fingerprint density at radius 3 is 2.19 bits per heavy atom. The lowest BCUT2D eigenvalue weighted by Gasteiger charge is -2.20. The average molecular weight is 488 g/mol. The molecule has 2 aromatic rings. The van der Waals surface area contributed by atoms with Crippen LogP contribution in [0.1, 0.15) is 31.1 Å². The number of hydrogen-bond acceptors (Lipinski definition) is 4. The van der Waals surface area contributed by atoms with Gasteiger partial charge in [-0.1, -0.05) is 0 Å². The molecule has 0 unspecified atom stereocenters. The van der Waals surface area contributed by atoms with Crippen LogP contribution in [-0.4, -0.2) is 27.0 Å². The van der Waals surface area contributed by atoms with Crippen LogP contribution in [0, 0.1) is 3.57 Å². The highest BCUT2D eigenvalue weighted by Gasteiger charge is 2.21. The molecule has 0 aliphatic heterocycles. The predicted molar refractivity (Wildman–Crippen MR) is 110 cm³/mol. The van der Waals surface area contributed by atoms with E-state index in [0.717, 1.165) is 3.57 Å². The van der Waals surface area contributed by atoms with Crippen molar-refractivity contribution in [2.75, 3.05) is 12.4 Å². The molecule has 0 aliphatic carbocycles. The summed E-state index contributed by atoms with van der Waals surface area (Å²) in [6, 6.07) is 11.2. The van der Waals surface area contributed by atoms with Crippen LogP contribution in [-0.2, 0) is 10.0 Å². The molecule has 0 heterocycles. The lowest BCUT2D eigenvalue weighted by Crippen LogP contribution is -2.40. The summed E-state index contributed by atoms with van der Waals surface area (Å²) in [5.74, 6) is 0.414. The van der Waals surface area contributed by atoms with Crippen molar-refractivity contribution >= 4 is 44.2 Å². The van der Waals surface area contributed by atoms with E-state index in [4.69, 9.17) is 4.74 Å². The number of nitrogens with one attached hydrogen (secondary N) is 2. The summed E-state index contributed by atoms with van der Waals surface area (Å²) in [7, 11) is -2.04. The molecule has 0 aromatic heterocycles. The first kappa shape index (κ1) is 20.7. The van der Waals surface area contributed by atoms with Crippen LogP contribution in [0.25, 0.3) is 0 Å². The smallest absolute Gasteiger partial charge is 0.255 e. The quantitative estimate of drug-likeness (QED) is 0.630. The summed E-state index contributed by atoms with van der Waals surface area (Å²) in [5, 5.41) is 2.75. The van der Waals surface area contributed by atoms with Gasteiger partial charge in [0.05, 0.1) is 15.6 Å². The maximum Gasteiger partial charge on any atom is 0.255 e. The Labute approximate surface area is 167 Å². The molecule has 2 aromatic carbocycles. The standard InChI is InChI=1S/C18H21IN2O4S/c1-18(2,3)21-26(23,24)14-8-6-13(7-9-14)20-17(22)12-5-10-16(25-4)15(19)11-12/h5-11,21H,1-4H3,(H,20,22). The SMILES string of the molecule is COc1ccc(C(=O)Nc2ccc(S(=O)(=O)NC(C)(C)C)cc2)cc1I. The molecule has 2 rings (SSSR count). The normalized spacial score (nSPS) is 11.9. The van der Waals surface area contributed by atoms with Crippen LogP contribution in [0.5, 0.6) is 5.75 Å². The highest BCUT2D eigenvalue weighted by molar-refractivity contribution is 14.1. The van der Waals surface area contributed by atoms with Crippen LogP contribution in [0.2, 0.25) is 0 Å². The average Bonchev–Trinajstić information content (AvgIpc) is 2.53. The van der Waals surface area contributed by atoms with E-state index in [1.165, 1.54) is 12.1 Å². The molecule has 0 saturated carbocycles. The van der Waals surface area contributed by atoms with Crippen molar-refractivity contribution in [3.05, 3.63) is 51.6 Å². The van der Waals surface area contributed by atoms with Gasteiger partial charge in [-0.25, -0.2) is 13.1 Å². The summed E-state index contributed by atoms with van der Waals surface area (Å²) in [5.41, 5.74) is 0.425. The first-order chi connectivity index (χ1) is 12.0. The minimum atomic E-state index is -3.61. The van der Waals surface area contributed by atoms with Crippen LogP contribution in [0.4, 0.5) is 5.69 Å². The second-order valence-corrected chi connectivity index (χ2v) is 9.53. The molecule has 140 valence electrons. The second kappa shape index (κ2) is 7.93. The number of rotatable bonds is 5. The van der Waals surface area contributed by atoms with E-state index >= 15 is 0 Å². The van der Waals surface area contributed by atoms with E-state index in [0.29, 0.717) is 17.0 Å². The molecule has 0 bridgehead atoms. The molecule has 0 aliphatic rings. The van der Waals surface area contributed by atoms with Crippen molar-refractivity contribution in [1.82, 2.24) is 4.72 Å². The third kappa shape index (κ3) is 5.42. The highest BCUT2D eigenvalue weighted by atomic mass is 127. The number of halogens is 1. The van der Waals surface area contributed by atoms with Gasteiger partial charge in [-0.15, -0.1) is 0 Å². The molecule has 0 fully saturated rings. The number of hydrogen-bond donors (Lipinski definition) is 2. The Balaban J connectivity index is 2.14. The molecule has 0 spiro atoms. The fourth-order valence-electron chi connectivity index (χ4n) is 2.19. The summed E-state index contributed by atoms with van der Waals surface area (Å²) < 4.78 is 33.2. The first-order valence-electron chi connectivity index (χ1n) is 7.81. The van der Waals surface area contributed by atoms with E-state index < -0.39 is 15.6 Å². The summed E-state index contributed by atoms with van der Waals surface area (Å²) in [4.78, 5) is 12.5. The Kier molecular flexibility index (Phi) is 6.30. The number of amides is 1. The van der Waals surface area contributed by atoms with E-state index in [-0.39, 0.29) is 10.8 Å². The Hall–Kier alpha value is -1.65. The third-order valence-electron chi connectivity index (χ3n) is 3.28. The van der Waals surface area contributed by atoms with Crippen molar-refractivity contribution in [1.29, 1.82) is 0 Å². The lowest BCUT2D eigenvalue weighted by atomic mass is 10.1. The van der Waals surface area contributed by atoms with Gasteiger partial charge in [0.2, 0.25) is 10.0 Å². The highest BCUT2D eigenvalue weighted by Crippen LogP contribution is 2.22. The zero-order valence-electron chi connectivity index (χ0n) is 15.0.